The number of fused-ring (bicyclic) bond motifs is 6. The van der Waals surface area contributed by atoms with Crippen molar-refractivity contribution in [3.63, 3.8) is 0 Å². The first kappa shape index (κ1) is 28.1. The van der Waals surface area contributed by atoms with E-state index in [1.54, 1.807) is 6.20 Å². The largest absolute Gasteiger partial charge is 0.294 e. The van der Waals surface area contributed by atoms with E-state index in [1.807, 2.05) is 79.1 Å². The Morgan fingerprint density at radius 1 is 0.360 bits per heavy atom. The molecule has 0 aliphatic carbocycles. The topological polar surface area (TPSA) is 74.3 Å². The van der Waals surface area contributed by atoms with Crippen LogP contribution in [0, 0.1) is 0 Å². The fourth-order valence-electron chi connectivity index (χ4n) is 7.07. The molecule has 0 N–H and O–H groups in total. The average molecular weight is 642 g/mol. The second-order valence-corrected chi connectivity index (χ2v) is 12.2. The van der Waals surface area contributed by atoms with Gasteiger partial charge in [0.05, 0.1) is 39.5 Å². The molecular weight excluding hydrogens is 615 g/mol. The molecule has 7 nitrogen and oxygen atoms in total. The quantitative estimate of drug-likeness (QED) is 0.187. The zero-order valence-electron chi connectivity index (χ0n) is 26.7. The highest BCUT2D eigenvalue weighted by Crippen LogP contribution is 2.37. The van der Waals surface area contributed by atoms with Gasteiger partial charge in [0.2, 0.25) is 0 Å². The molecule has 0 spiro atoms. The van der Waals surface area contributed by atoms with E-state index >= 15 is 0 Å². The molecule has 0 saturated carbocycles. The molecule has 4 aromatic carbocycles. The smallest absolute Gasteiger partial charge is 0.160 e. The van der Waals surface area contributed by atoms with Gasteiger partial charge in [0, 0.05) is 51.3 Å². The number of para-hydroxylation sites is 2. The molecule has 7 heteroatoms. The normalized spacial score (nSPS) is 11.6. The predicted octanol–water partition coefficient (Wildman–Crippen LogP) is 9.86. The summed E-state index contributed by atoms with van der Waals surface area (Å²) in [5, 5.41) is 4.48. The summed E-state index contributed by atoms with van der Waals surface area (Å²) in [6, 6.07) is 49.8. The van der Waals surface area contributed by atoms with Crippen molar-refractivity contribution in [2.24, 2.45) is 0 Å². The molecule has 10 aromatic rings. The third-order valence-corrected chi connectivity index (χ3v) is 9.27. The van der Waals surface area contributed by atoms with Gasteiger partial charge in [-0.1, -0.05) is 72.8 Å². The van der Waals surface area contributed by atoms with Crippen molar-refractivity contribution in [1.82, 2.24) is 34.1 Å². The van der Waals surface area contributed by atoms with Gasteiger partial charge in [-0.2, -0.15) is 0 Å². The highest BCUT2D eigenvalue weighted by atomic mass is 15.1. The van der Waals surface area contributed by atoms with Gasteiger partial charge in [-0.25, -0.2) is 19.9 Å². The maximum absolute atomic E-state index is 5.20. The van der Waals surface area contributed by atoms with E-state index in [2.05, 4.69) is 93.0 Å². The molecule has 0 atom stereocenters. The molecule has 0 amide bonds. The van der Waals surface area contributed by atoms with Gasteiger partial charge in [0.15, 0.2) is 5.82 Å². The highest BCUT2D eigenvalue weighted by Gasteiger charge is 2.19. The standard InChI is InChI=1S/C43H27N7/c1-2-12-28(13-3-1)41-47-37(27-38(48-41)36-18-8-9-21-44-36)29-24-30(49-39-19-6-4-14-32(39)34-16-10-22-45-42(34)49)26-31(25-29)50-40-20-7-5-15-33(40)35-17-11-23-46-43(35)50/h1-27H. The molecule has 0 fully saturated rings. The van der Waals surface area contributed by atoms with Crippen molar-refractivity contribution in [2.45, 2.75) is 0 Å². The lowest BCUT2D eigenvalue weighted by Crippen LogP contribution is -2.02. The van der Waals surface area contributed by atoms with E-state index in [-0.39, 0.29) is 0 Å². The number of benzene rings is 4. The fourth-order valence-corrected chi connectivity index (χ4v) is 7.07. The van der Waals surface area contributed by atoms with Crippen LogP contribution in [-0.4, -0.2) is 34.1 Å². The maximum atomic E-state index is 5.20. The van der Waals surface area contributed by atoms with Gasteiger partial charge < -0.3 is 0 Å². The lowest BCUT2D eigenvalue weighted by molar-refractivity contribution is 1.09. The minimum absolute atomic E-state index is 0.632. The van der Waals surface area contributed by atoms with E-state index in [0.717, 1.165) is 83.5 Å². The van der Waals surface area contributed by atoms with Gasteiger partial charge in [-0.3, -0.25) is 14.1 Å². The molecule has 0 radical (unpaired) electrons. The molecule has 234 valence electrons. The second kappa shape index (κ2) is 11.3. The summed E-state index contributed by atoms with van der Waals surface area (Å²) in [6.07, 6.45) is 5.51. The van der Waals surface area contributed by atoms with Gasteiger partial charge in [0.25, 0.3) is 0 Å². The third kappa shape index (κ3) is 4.48. The molecule has 50 heavy (non-hydrogen) atoms. The van der Waals surface area contributed by atoms with Gasteiger partial charge >= 0.3 is 0 Å². The van der Waals surface area contributed by atoms with E-state index in [0.29, 0.717) is 5.82 Å². The Hall–Kier alpha value is -6.99. The van der Waals surface area contributed by atoms with Crippen LogP contribution < -0.4 is 0 Å². The SMILES string of the molecule is c1ccc(-c2nc(-c3cc(-n4c5ccccc5c5cccnc54)cc(-n4c5ccccc5c5cccnc54)c3)cc(-c3ccccn3)n2)cc1. The molecular formula is C43H27N7. The molecule has 0 saturated heterocycles. The Morgan fingerprint density at radius 2 is 0.900 bits per heavy atom. The van der Waals surface area contributed by atoms with E-state index < -0.39 is 0 Å². The summed E-state index contributed by atoms with van der Waals surface area (Å²) in [6.45, 7) is 0. The van der Waals surface area contributed by atoms with Crippen LogP contribution in [0.2, 0.25) is 0 Å². The maximum Gasteiger partial charge on any atom is 0.160 e. The molecule has 10 rings (SSSR count). The number of hydrogen-bond acceptors (Lipinski definition) is 5. The zero-order valence-corrected chi connectivity index (χ0v) is 26.7. The number of pyridine rings is 3. The van der Waals surface area contributed by atoms with Crippen molar-refractivity contribution in [3.05, 3.63) is 164 Å². The first-order valence-electron chi connectivity index (χ1n) is 16.5. The van der Waals surface area contributed by atoms with Crippen LogP contribution in [0.3, 0.4) is 0 Å². The summed E-state index contributed by atoms with van der Waals surface area (Å²) in [7, 11) is 0. The van der Waals surface area contributed by atoms with Crippen LogP contribution in [0.1, 0.15) is 0 Å². The molecule has 6 heterocycles. The van der Waals surface area contributed by atoms with Crippen molar-refractivity contribution in [3.8, 4) is 45.4 Å². The third-order valence-electron chi connectivity index (χ3n) is 9.27. The molecule has 0 aliphatic rings. The van der Waals surface area contributed by atoms with Gasteiger partial charge in [-0.15, -0.1) is 0 Å². The van der Waals surface area contributed by atoms with Gasteiger partial charge in [0.1, 0.15) is 11.3 Å². The predicted molar refractivity (Wildman–Crippen MR) is 200 cm³/mol. The Kier molecular flexibility index (Phi) is 6.35. The second-order valence-electron chi connectivity index (χ2n) is 12.2. The summed E-state index contributed by atoms with van der Waals surface area (Å²) < 4.78 is 4.50. The lowest BCUT2D eigenvalue weighted by atomic mass is 10.1. The number of hydrogen-bond donors (Lipinski definition) is 0. The van der Waals surface area contributed by atoms with E-state index in [1.165, 1.54) is 0 Å². The van der Waals surface area contributed by atoms with Crippen LogP contribution in [-0.2, 0) is 0 Å². The average Bonchev–Trinajstić information content (AvgIpc) is 3.71. The molecule has 0 bridgehead atoms. The Morgan fingerprint density at radius 3 is 1.52 bits per heavy atom. The van der Waals surface area contributed by atoms with Crippen LogP contribution in [0.4, 0.5) is 0 Å². The number of nitrogens with zero attached hydrogens (tertiary/aromatic N) is 7. The first-order chi connectivity index (χ1) is 24.8. The van der Waals surface area contributed by atoms with Crippen molar-refractivity contribution >= 4 is 43.9 Å². The molecule has 0 unspecified atom stereocenters. The lowest BCUT2D eigenvalue weighted by Gasteiger charge is -2.16. The Bertz CT molecular complexity index is 2580. The monoisotopic (exact) mass is 641 g/mol. The summed E-state index contributed by atoms with van der Waals surface area (Å²) in [5.74, 6) is 0.632. The minimum atomic E-state index is 0.632. The highest BCUT2D eigenvalue weighted by molar-refractivity contribution is 6.09. The first-order valence-corrected chi connectivity index (χ1v) is 16.5. The van der Waals surface area contributed by atoms with Crippen LogP contribution in [0.5, 0.6) is 0 Å². The van der Waals surface area contributed by atoms with Crippen LogP contribution in [0.15, 0.2) is 164 Å². The Balaban J connectivity index is 1.31. The van der Waals surface area contributed by atoms with Crippen LogP contribution >= 0.6 is 0 Å². The van der Waals surface area contributed by atoms with Crippen molar-refractivity contribution in [2.75, 3.05) is 0 Å². The summed E-state index contributed by atoms with van der Waals surface area (Å²) in [5.41, 5.74) is 10.0. The minimum Gasteiger partial charge on any atom is -0.294 e. The zero-order chi connectivity index (χ0) is 33.0. The summed E-state index contributed by atoms with van der Waals surface area (Å²) in [4.78, 5) is 24.7. The van der Waals surface area contributed by atoms with Crippen molar-refractivity contribution in [1.29, 1.82) is 0 Å². The van der Waals surface area contributed by atoms with Crippen LogP contribution in [0.25, 0.3) is 89.3 Å². The van der Waals surface area contributed by atoms with Gasteiger partial charge in [-0.05, 0) is 72.8 Å². The van der Waals surface area contributed by atoms with E-state index in [9.17, 15) is 0 Å². The number of aromatic nitrogens is 7. The van der Waals surface area contributed by atoms with Crippen molar-refractivity contribution < 1.29 is 0 Å². The Labute approximate surface area is 286 Å². The fraction of sp³-hybridized carbons (Fsp3) is 0. The van der Waals surface area contributed by atoms with E-state index in [4.69, 9.17) is 19.9 Å². The molecule has 0 aliphatic heterocycles. The summed E-state index contributed by atoms with van der Waals surface area (Å²) >= 11 is 0. The number of rotatable bonds is 5. The molecule has 6 aromatic heterocycles.